The first kappa shape index (κ1) is 15.5. The molecule has 1 aliphatic rings. The molecular weight excluding hydrogens is 272 g/mol. The Labute approximate surface area is 123 Å². The molecule has 0 radical (unpaired) electrons. The van der Waals surface area contributed by atoms with Crippen molar-refractivity contribution in [3.63, 3.8) is 0 Å². The van der Waals surface area contributed by atoms with Crippen LogP contribution in [0.1, 0.15) is 12.8 Å². The fourth-order valence-electron chi connectivity index (χ4n) is 2.48. The van der Waals surface area contributed by atoms with Crippen molar-refractivity contribution in [2.45, 2.75) is 12.8 Å². The molecule has 7 heteroatoms. The van der Waals surface area contributed by atoms with E-state index in [9.17, 15) is 9.59 Å². The summed E-state index contributed by atoms with van der Waals surface area (Å²) in [5.41, 5.74) is 0.645. The minimum Gasteiger partial charge on any atom is -0.383 e. The Balaban J connectivity index is 1.98. The second-order valence-electron chi connectivity index (χ2n) is 5.24. The van der Waals surface area contributed by atoms with E-state index in [-0.39, 0.29) is 17.4 Å². The fraction of sp³-hybridized carbons (Fsp3) is 0.643. The molecule has 0 aliphatic carbocycles. The minimum absolute atomic E-state index is 0.0496. The van der Waals surface area contributed by atoms with Crippen LogP contribution in [0.4, 0.5) is 5.69 Å². The Morgan fingerprint density at radius 3 is 3.10 bits per heavy atom. The summed E-state index contributed by atoms with van der Waals surface area (Å²) in [5.74, 6) is -0.00629. The Morgan fingerprint density at radius 1 is 1.57 bits per heavy atom. The van der Waals surface area contributed by atoms with Gasteiger partial charge in [-0.2, -0.15) is 5.10 Å². The lowest BCUT2D eigenvalue weighted by atomic mass is 9.97. The van der Waals surface area contributed by atoms with E-state index in [1.807, 2.05) is 0 Å². The summed E-state index contributed by atoms with van der Waals surface area (Å²) < 4.78 is 6.22. The van der Waals surface area contributed by atoms with Crippen LogP contribution in [-0.4, -0.2) is 49.0 Å². The molecule has 2 heterocycles. The summed E-state index contributed by atoms with van der Waals surface area (Å²) in [6, 6.07) is 1.57. The van der Waals surface area contributed by atoms with Gasteiger partial charge in [0.25, 0.3) is 5.56 Å². The van der Waals surface area contributed by atoms with Crippen molar-refractivity contribution in [2.24, 2.45) is 13.0 Å². The monoisotopic (exact) mass is 294 g/mol. The van der Waals surface area contributed by atoms with E-state index in [1.54, 1.807) is 26.4 Å². The SMILES string of the molecule is COCCNC(=O)C1CCCN(c2cnn(C)c(=O)c2)C1. The van der Waals surface area contributed by atoms with Crippen molar-refractivity contribution in [1.29, 1.82) is 0 Å². The van der Waals surface area contributed by atoms with Gasteiger partial charge in [-0.1, -0.05) is 0 Å². The fourth-order valence-corrected chi connectivity index (χ4v) is 2.48. The van der Waals surface area contributed by atoms with Gasteiger partial charge in [0.05, 0.1) is 24.4 Å². The maximum absolute atomic E-state index is 12.1. The lowest BCUT2D eigenvalue weighted by molar-refractivity contribution is -0.125. The third-order valence-corrected chi connectivity index (χ3v) is 3.72. The van der Waals surface area contributed by atoms with Gasteiger partial charge in [0, 0.05) is 39.9 Å². The third kappa shape index (κ3) is 4.04. The van der Waals surface area contributed by atoms with Crippen LogP contribution >= 0.6 is 0 Å². The predicted octanol–water partition coefficient (Wildman–Crippen LogP) is -0.241. The summed E-state index contributed by atoms with van der Waals surface area (Å²) in [5, 5.41) is 6.90. The number of piperidine rings is 1. The number of aromatic nitrogens is 2. The van der Waals surface area contributed by atoms with E-state index >= 15 is 0 Å². The molecule has 1 amide bonds. The molecule has 1 aliphatic heterocycles. The summed E-state index contributed by atoms with van der Waals surface area (Å²) in [7, 11) is 3.23. The first-order chi connectivity index (χ1) is 10.1. The molecule has 7 nitrogen and oxygen atoms in total. The smallest absolute Gasteiger partial charge is 0.268 e. The van der Waals surface area contributed by atoms with Gasteiger partial charge in [-0.15, -0.1) is 0 Å². The van der Waals surface area contributed by atoms with Crippen LogP contribution in [0.5, 0.6) is 0 Å². The molecule has 1 N–H and O–H groups in total. The van der Waals surface area contributed by atoms with Gasteiger partial charge in [-0.05, 0) is 12.8 Å². The minimum atomic E-state index is -0.140. The van der Waals surface area contributed by atoms with Gasteiger partial charge in [-0.25, -0.2) is 4.68 Å². The summed E-state index contributed by atoms with van der Waals surface area (Å²) in [4.78, 5) is 25.8. The van der Waals surface area contributed by atoms with Gasteiger partial charge in [0.2, 0.25) is 5.91 Å². The average Bonchev–Trinajstić information content (AvgIpc) is 2.50. The first-order valence-corrected chi connectivity index (χ1v) is 7.17. The molecular formula is C14H22N4O3. The molecule has 1 atom stereocenters. The molecule has 0 saturated carbocycles. The Morgan fingerprint density at radius 2 is 2.38 bits per heavy atom. The number of aryl methyl sites for hydroxylation is 1. The van der Waals surface area contributed by atoms with Crippen molar-refractivity contribution in [3.05, 3.63) is 22.6 Å². The Kier molecular flexibility index (Phi) is 5.32. The molecule has 1 aromatic heterocycles. The van der Waals surface area contributed by atoms with Gasteiger partial charge < -0.3 is 15.0 Å². The number of hydrogen-bond donors (Lipinski definition) is 1. The maximum Gasteiger partial charge on any atom is 0.268 e. The summed E-state index contributed by atoms with van der Waals surface area (Å²) in [6.07, 6.45) is 3.47. The normalized spacial score (nSPS) is 18.6. The van der Waals surface area contributed by atoms with Crippen LogP contribution in [0.2, 0.25) is 0 Å². The highest BCUT2D eigenvalue weighted by Crippen LogP contribution is 2.21. The van der Waals surface area contributed by atoms with E-state index in [0.717, 1.165) is 25.1 Å². The number of amides is 1. The van der Waals surface area contributed by atoms with Crippen LogP contribution in [0.15, 0.2) is 17.1 Å². The second-order valence-corrected chi connectivity index (χ2v) is 5.24. The number of nitrogens with zero attached hydrogens (tertiary/aromatic N) is 3. The van der Waals surface area contributed by atoms with Crippen molar-refractivity contribution in [1.82, 2.24) is 15.1 Å². The quantitative estimate of drug-likeness (QED) is 0.759. The van der Waals surface area contributed by atoms with Crippen LogP contribution < -0.4 is 15.8 Å². The predicted molar refractivity (Wildman–Crippen MR) is 79.3 cm³/mol. The number of nitrogens with one attached hydrogen (secondary N) is 1. The molecule has 1 unspecified atom stereocenters. The van der Waals surface area contributed by atoms with Crippen LogP contribution in [-0.2, 0) is 16.6 Å². The van der Waals surface area contributed by atoms with E-state index in [1.165, 1.54) is 4.68 Å². The standard InChI is InChI=1S/C14H22N4O3/c1-17-13(19)8-12(9-16-17)18-6-3-4-11(10-18)14(20)15-5-7-21-2/h8-9,11H,3-7,10H2,1-2H3,(H,15,20). The van der Waals surface area contributed by atoms with Crippen molar-refractivity contribution in [2.75, 3.05) is 38.3 Å². The highest BCUT2D eigenvalue weighted by atomic mass is 16.5. The summed E-state index contributed by atoms with van der Waals surface area (Å²) >= 11 is 0. The first-order valence-electron chi connectivity index (χ1n) is 7.17. The summed E-state index contributed by atoms with van der Waals surface area (Å²) in [6.45, 7) is 2.50. The molecule has 1 aromatic rings. The molecule has 0 spiro atoms. The van der Waals surface area contributed by atoms with Crippen LogP contribution in [0, 0.1) is 5.92 Å². The van der Waals surface area contributed by atoms with E-state index in [2.05, 4.69) is 15.3 Å². The highest BCUT2D eigenvalue weighted by Gasteiger charge is 2.26. The van der Waals surface area contributed by atoms with E-state index in [0.29, 0.717) is 19.7 Å². The van der Waals surface area contributed by atoms with Crippen molar-refractivity contribution >= 4 is 11.6 Å². The molecule has 21 heavy (non-hydrogen) atoms. The van der Waals surface area contributed by atoms with Gasteiger partial charge in [-0.3, -0.25) is 9.59 Å². The topological polar surface area (TPSA) is 76.5 Å². The average molecular weight is 294 g/mol. The zero-order valence-electron chi connectivity index (χ0n) is 12.5. The number of ether oxygens (including phenoxy) is 1. The van der Waals surface area contributed by atoms with Gasteiger partial charge in [0.15, 0.2) is 0 Å². The largest absolute Gasteiger partial charge is 0.383 e. The van der Waals surface area contributed by atoms with E-state index < -0.39 is 0 Å². The maximum atomic E-state index is 12.1. The highest BCUT2D eigenvalue weighted by molar-refractivity contribution is 5.79. The number of methoxy groups -OCH3 is 1. The number of anilines is 1. The third-order valence-electron chi connectivity index (χ3n) is 3.72. The van der Waals surface area contributed by atoms with E-state index in [4.69, 9.17) is 4.74 Å². The lowest BCUT2D eigenvalue weighted by Crippen LogP contribution is -2.44. The molecule has 0 aromatic carbocycles. The number of carbonyl (C=O) groups excluding carboxylic acids is 1. The van der Waals surface area contributed by atoms with Crippen molar-refractivity contribution in [3.8, 4) is 0 Å². The van der Waals surface area contributed by atoms with Crippen molar-refractivity contribution < 1.29 is 9.53 Å². The molecule has 1 saturated heterocycles. The molecule has 1 fully saturated rings. The number of hydrogen-bond acceptors (Lipinski definition) is 5. The molecule has 2 rings (SSSR count). The van der Waals surface area contributed by atoms with Crippen LogP contribution in [0.3, 0.4) is 0 Å². The second kappa shape index (κ2) is 7.21. The Bertz CT molecular complexity index is 543. The number of rotatable bonds is 5. The number of carbonyl (C=O) groups is 1. The molecule has 0 bridgehead atoms. The van der Waals surface area contributed by atoms with Crippen LogP contribution in [0.25, 0.3) is 0 Å². The van der Waals surface area contributed by atoms with Gasteiger partial charge in [0.1, 0.15) is 0 Å². The Hall–Kier alpha value is -1.89. The van der Waals surface area contributed by atoms with Gasteiger partial charge >= 0.3 is 0 Å². The molecule has 116 valence electrons. The zero-order chi connectivity index (χ0) is 15.2. The zero-order valence-corrected chi connectivity index (χ0v) is 12.5. The lowest BCUT2D eigenvalue weighted by Gasteiger charge is -2.33.